The van der Waals surface area contributed by atoms with Crippen LogP contribution in [0.15, 0.2) is 12.1 Å². The molecule has 0 saturated carbocycles. The van der Waals surface area contributed by atoms with E-state index in [1.54, 1.807) is 7.11 Å². The Morgan fingerprint density at radius 2 is 1.89 bits per heavy atom. The monoisotopic (exact) mass is 262 g/mol. The van der Waals surface area contributed by atoms with Crippen LogP contribution >= 0.6 is 0 Å². The van der Waals surface area contributed by atoms with Crippen molar-refractivity contribution < 1.29 is 9.47 Å². The predicted octanol–water partition coefficient (Wildman–Crippen LogP) is 4.37. The molecule has 3 atom stereocenters. The van der Waals surface area contributed by atoms with Crippen molar-refractivity contribution in [2.24, 2.45) is 0 Å². The van der Waals surface area contributed by atoms with Crippen LogP contribution in [-0.2, 0) is 4.74 Å². The maximum absolute atomic E-state index is 5.71. The Morgan fingerprint density at radius 3 is 2.42 bits per heavy atom. The molecule has 1 saturated heterocycles. The highest BCUT2D eigenvalue weighted by Crippen LogP contribution is 2.38. The maximum atomic E-state index is 5.71. The normalized spacial score (nSPS) is 23.2. The van der Waals surface area contributed by atoms with Crippen molar-refractivity contribution in [1.82, 2.24) is 0 Å². The summed E-state index contributed by atoms with van der Waals surface area (Å²) >= 11 is 0. The molecule has 0 radical (unpaired) electrons. The smallest absolute Gasteiger partial charge is 0.122 e. The van der Waals surface area contributed by atoms with Crippen molar-refractivity contribution in [3.05, 3.63) is 28.8 Å². The lowest BCUT2D eigenvalue weighted by molar-refractivity contribution is 0.348. The highest BCUT2D eigenvalue weighted by molar-refractivity contribution is 5.45. The first kappa shape index (κ1) is 14.4. The van der Waals surface area contributed by atoms with E-state index in [1.165, 1.54) is 23.1 Å². The first-order valence-electron chi connectivity index (χ1n) is 7.41. The molecule has 0 N–H and O–H groups in total. The van der Waals surface area contributed by atoms with Crippen molar-refractivity contribution in [2.75, 3.05) is 7.11 Å². The van der Waals surface area contributed by atoms with E-state index in [9.17, 15) is 0 Å². The molecule has 106 valence electrons. The average molecular weight is 262 g/mol. The Morgan fingerprint density at radius 1 is 1.16 bits per heavy atom. The number of rotatable bonds is 6. The number of hydrogen-bond donors (Lipinski definition) is 0. The number of benzene rings is 1. The van der Waals surface area contributed by atoms with E-state index in [2.05, 4.69) is 39.8 Å². The van der Waals surface area contributed by atoms with Crippen LogP contribution in [0.4, 0.5) is 0 Å². The Labute approximate surface area is 117 Å². The Hall–Kier alpha value is -1.02. The van der Waals surface area contributed by atoms with Crippen LogP contribution in [0.3, 0.4) is 0 Å². The lowest BCUT2D eigenvalue weighted by atomic mass is 9.86. The second-order valence-electron chi connectivity index (χ2n) is 5.57. The van der Waals surface area contributed by atoms with E-state index in [0.717, 1.165) is 18.6 Å². The summed E-state index contributed by atoms with van der Waals surface area (Å²) in [5.74, 6) is 1.59. The highest BCUT2D eigenvalue weighted by atomic mass is 16.6. The minimum atomic E-state index is 0.483. The van der Waals surface area contributed by atoms with E-state index in [-0.39, 0.29) is 0 Å². The van der Waals surface area contributed by atoms with Crippen molar-refractivity contribution in [3.63, 3.8) is 0 Å². The fourth-order valence-corrected chi connectivity index (χ4v) is 3.02. The molecule has 2 rings (SSSR count). The topological polar surface area (TPSA) is 21.8 Å². The maximum Gasteiger partial charge on any atom is 0.122 e. The van der Waals surface area contributed by atoms with Crippen LogP contribution in [0, 0.1) is 13.8 Å². The lowest BCUT2D eigenvalue weighted by Crippen LogP contribution is -2.07. The number of epoxide rings is 1. The van der Waals surface area contributed by atoms with Crippen LogP contribution in [0.25, 0.3) is 0 Å². The van der Waals surface area contributed by atoms with Crippen LogP contribution < -0.4 is 4.74 Å². The van der Waals surface area contributed by atoms with E-state index in [1.807, 2.05) is 0 Å². The van der Waals surface area contributed by atoms with Gasteiger partial charge >= 0.3 is 0 Å². The minimum absolute atomic E-state index is 0.483. The summed E-state index contributed by atoms with van der Waals surface area (Å²) in [6.07, 6.45) is 4.46. The summed E-state index contributed by atoms with van der Waals surface area (Å²) in [5.41, 5.74) is 4.10. The highest BCUT2D eigenvalue weighted by Gasteiger charge is 2.38. The molecule has 2 nitrogen and oxygen atoms in total. The zero-order valence-electron chi connectivity index (χ0n) is 12.8. The molecule has 0 aliphatic carbocycles. The SMILES string of the molecule is CCC(CC1OC1CC)c1ccc(OC)c(C)c1C. The van der Waals surface area contributed by atoms with E-state index in [0.29, 0.717) is 18.1 Å². The second-order valence-corrected chi connectivity index (χ2v) is 5.57. The van der Waals surface area contributed by atoms with Crippen molar-refractivity contribution in [2.45, 2.75) is 65.1 Å². The quantitative estimate of drug-likeness (QED) is 0.710. The van der Waals surface area contributed by atoms with Crippen molar-refractivity contribution in [3.8, 4) is 5.75 Å². The molecule has 1 aromatic rings. The van der Waals surface area contributed by atoms with Crippen molar-refractivity contribution in [1.29, 1.82) is 0 Å². The van der Waals surface area contributed by atoms with Gasteiger partial charge in [-0.1, -0.05) is 19.9 Å². The van der Waals surface area contributed by atoms with Gasteiger partial charge in [-0.2, -0.15) is 0 Å². The number of hydrogen-bond acceptors (Lipinski definition) is 2. The molecule has 1 aliphatic heterocycles. The van der Waals surface area contributed by atoms with E-state index >= 15 is 0 Å². The fraction of sp³-hybridized carbons (Fsp3) is 0.647. The van der Waals surface area contributed by atoms with E-state index in [4.69, 9.17) is 9.47 Å². The molecular formula is C17H26O2. The summed E-state index contributed by atoms with van der Waals surface area (Å²) in [6, 6.07) is 4.34. The summed E-state index contributed by atoms with van der Waals surface area (Å²) < 4.78 is 11.1. The van der Waals surface area contributed by atoms with Gasteiger partial charge in [0.25, 0.3) is 0 Å². The fourth-order valence-electron chi connectivity index (χ4n) is 3.02. The first-order chi connectivity index (χ1) is 9.12. The average Bonchev–Trinajstić information content (AvgIpc) is 3.18. The summed E-state index contributed by atoms with van der Waals surface area (Å²) in [5, 5.41) is 0. The van der Waals surface area contributed by atoms with Gasteiger partial charge in [-0.3, -0.25) is 0 Å². The Balaban J connectivity index is 2.16. The molecule has 19 heavy (non-hydrogen) atoms. The van der Waals surface area contributed by atoms with Crippen molar-refractivity contribution >= 4 is 0 Å². The molecule has 0 spiro atoms. The standard InChI is InChI=1S/C17H26O2/c1-6-13(10-17-15(7-2)19-17)14-8-9-16(18-5)12(4)11(14)3/h8-9,13,15,17H,6-7,10H2,1-5H3. The number of ether oxygens (including phenoxy) is 2. The van der Waals surface area contributed by atoms with Gasteiger partial charge in [0.1, 0.15) is 5.75 Å². The van der Waals surface area contributed by atoms with Gasteiger partial charge in [-0.15, -0.1) is 0 Å². The molecular weight excluding hydrogens is 236 g/mol. The minimum Gasteiger partial charge on any atom is -0.496 e. The van der Waals surface area contributed by atoms with Crippen LogP contribution in [0.1, 0.15) is 55.7 Å². The molecule has 0 amide bonds. The zero-order chi connectivity index (χ0) is 14.0. The number of methoxy groups -OCH3 is 1. The summed E-state index contributed by atoms with van der Waals surface area (Å²) in [4.78, 5) is 0. The molecule has 1 fully saturated rings. The van der Waals surface area contributed by atoms with Gasteiger partial charge in [0.15, 0.2) is 0 Å². The molecule has 0 bridgehead atoms. The van der Waals surface area contributed by atoms with Gasteiger partial charge in [0.05, 0.1) is 19.3 Å². The molecule has 1 aromatic carbocycles. The molecule has 2 heteroatoms. The van der Waals surface area contributed by atoms with Crippen LogP contribution in [0.5, 0.6) is 5.75 Å². The van der Waals surface area contributed by atoms with Crippen LogP contribution in [0.2, 0.25) is 0 Å². The largest absolute Gasteiger partial charge is 0.496 e. The molecule has 1 aliphatic rings. The molecule has 0 aromatic heterocycles. The summed E-state index contributed by atoms with van der Waals surface area (Å²) in [6.45, 7) is 8.83. The Bertz CT molecular complexity index is 439. The summed E-state index contributed by atoms with van der Waals surface area (Å²) in [7, 11) is 1.74. The first-order valence-corrected chi connectivity index (χ1v) is 7.41. The predicted molar refractivity (Wildman–Crippen MR) is 79.1 cm³/mol. The second kappa shape index (κ2) is 5.96. The lowest BCUT2D eigenvalue weighted by Gasteiger charge is -2.20. The van der Waals surface area contributed by atoms with Gasteiger partial charge in [0.2, 0.25) is 0 Å². The third-order valence-electron chi connectivity index (χ3n) is 4.54. The Kier molecular flexibility index (Phi) is 4.51. The third kappa shape index (κ3) is 2.94. The van der Waals surface area contributed by atoms with Gasteiger partial charge < -0.3 is 9.47 Å². The van der Waals surface area contributed by atoms with Gasteiger partial charge in [-0.25, -0.2) is 0 Å². The van der Waals surface area contributed by atoms with Crippen LogP contribution in [-0.4, -0.2) is 19.3 Å². The van der Waals surface area contributed by atoms with Gasteiger partial charge in [0, 0.05) is 0 Å². The third-order valence-corrected chi connectivity index (χ3v) is 4.54. The molecule has 1 heterocycles. The van der Waals surface area contributed by atoms with E-state index < -0.39 is 0 Å². The zero-order valence-corrected chi connectivity index (χ0v) is 12.8. The molecule has 3 unspecified atom stereocenters. The van der Waals surface area contributed by atoms with Gasteiger partial charge in [-0.05, 0) is 61.8 Å².